The molecule has 3 aromatic rings. The molecular formula is C28H32N2O5. The highest BCUT2D eigenvalue weighted by atomic mass is 16.5. The SMILES string of the molecule is COc1ccc2c(=O)c3c(oc2c1)C(=O)N(CCN1CCOCC1)[C@@H]3c1ccc(C(C)(C)C)cc1. The van der Waals surface area contributed by atoms with Crippen LogP contribution in [0.4, 0.5) is 0 Å². The Labute approximate surface area is 205 Å². The summed E-state index contributed by atoms with van der Waals surface area (Å²) in [5.41, 5.74) is 2.72. The van der Waals surface area contributed by atoms with E-state index in [2.05, 4.69) is 37.8 Å². The van der Waals surface area contributed by atoms with Crippen LogP contribution in [0.3, 0.4) is 0 Å². The Kier molecular flexibility index (Phi) is 6.15. The zero-order chi connectivity index (χ0) is 24.7. The molecule has 0 aliphatic carbocycles. The van der Waals surface area contributed by atoms with Crippen molar-refractivity contribution in [2.75, 3.05) is 46.5 Å². The van der Waals surface area contributed by atoms with Crippen molar-refractivity contribution in [2.45, 2.75) is 32.2 Å². The molecule has 0 saturated carbocycles. The molecule has 3 heterocycles. The van der Waals surface area contributed by atoms with Gasteiger partial charge in [0.15, 0.2) is 5.43 Å². The van der Waals surface area contributed by atoms with E-state index in [1.165, 1.54) is 5.56 Å². The molecule has 2 aromatic carbocycles. The van der Waals surface area contributed by atoms with E-state index in [9.17, 15) is 9.59 Å². The van der Waals surface area contributed by atoms with Crippen molar-refractivity contribution in [2.24, 2.45) is 0 Å². The Bertz CT molecular complexity index is 1300. The second-order valence-electron chi connectivity index (χ2n) is 10.3. The summed E-state index contributed by atoms with van der Waals surface area (Å²) in [4.78, 5) is 31.4. The number of carbonyl (C=O) groups excluding carboxylic acids is 1. The highest BCUT2D eigenvalue weighted by molar-refractivity contribution is 5.99. The molecule has 1 saturated heterocycles. The Morgan fingerprint density at radius 2 is 1.71 bits per heavy atom. The zero-order valence-corrected chi connectivity index (χ0v) is 20.8. The van der Waals surface area contributed by atoms with Gasteiger partial charge in [0.05, 0.1) is 37.3 Å². The van der Waals surface area contributed by atoms with Gasteiger partial charge in [-0.1, -0.05) is 45.0 Å². The van der Waals surface area contributed by atoms with E-state index in [0.29, 0.717) is 48.6 Å². The van der Waals surface area contributed by atoms with Gasteiger partial charge in [0.2, 0.25) is 5.76 Å². The van der Waals surface area contributed by atoms with Gasteiger partial charge in [-0.15, -0.1) is 0 Å². The quantitative estimate of drug-likeness (QED) is 0.555. The molecule has 7 nitrogen and oxygen atoms in total. The summed E-state index contributed by atoms with van der Waals surface area (Å²) in [6, 6.07) is 12.9. The summed E-state index contributed by atoms with van der Waals surface area (Å²) >= 11 is 0. The minimum atomic E-state index is -0.490. The molecule has 0 spiro atoms. The minimum Gasteiger partial charge on any atom is -0.497 e. The fourth-order valence-electron chi connectivity index (χ4n) is 4.94. The van der Waals surface area contributed by atoms with E-state index >= 15 is 0 Å². The Balaban J connectivity index is 1.59. The molecule has 0 unspecified atom stereocenters. The smallest absolute Gasteiger partial charge is 0.290 e. The van der Waals surface area contributed by atoms with Crippen LogP contribution in [0.2, 0.25) is 0 Å². The number of amides is 1. The monoisotopic (exact) mass is 476 g/mol. The van der Waals surface area contributed by atoms with Crippen LogP contribution >= 0.6 is 0 Å². The van der Waals surface area contributed by atoms with Gasteiger partial charge in [-0.3, -0.25) is 14.5 Å². The third-order valence-corrected chi connectivity index (χ3v) is 7.03. The third-order valence-electron chi connectivity index (χ3n) is 7.03. The Hall–Kier alpha value is -3.16. The number of ether oxygens (including phenoxy) is 2. The maximum Gasteiger partial charge on any atom is 0.290 e. The van der Waals surface area contributed by atoms with Crippen molar-refractivity contribution >= 4 is 16.9 Å². The van der Waals surface area contributed by atoms with Gasteiger partial charge in [0.25, 0.3) is 5.91 Å². The maximum atomic E-state index is 13.7. The predicted octanol–water partition coefficient (Wildman–Crippen LogP) is 3.98. The first-order valence-electron chi connectivity index (χ1n) is 12.1. The van der Waals surface area contributed by atoms with Crippen LogP contribution in [0.1, 0.15) is 54.1 Å². The number of morpholine rings is 1. The zero-order valence-electron chi connectivity index (χ0n) is 20.8. The summed E-state index contributed by atoms with van der Waals surface area (Å²) in [6.07, 6.45) is 0. The van der Waals surface area contributed by atoms with E-state index in [0.717, 1.165) is 18.7 Å². The summed E-state index contributed by atoms with van der Waals surface area (Å²) in [7, 11) is 1.56. The summed E-state index contributed by atoms with van der Waals surface area (Å²) in [6.45, 7) is 10.8. The van der Waals surface area contributed by atoms with Crippen molar-refractivity contribution in [3.8, 4) is 5.75 Å². The fraction of sp³-hybridized carbons (Fsp3) is 0.429. The van der Waals surface area contributed by atoms with Gasteiger partial charge in [-0.2, -0.15) is 0 Å². The van der Waals surface area contributed by atoms with Crippen LogP contribution in [0.5, 0.6) is 5.75 Å². The molecule has 0 radical (unpaired) electrons. The first kappa shape index (κ1) is 23.6. The Morgan fingerprint density at radius 1 is 1.00 bits per heavy atom. The molecule has 1 fully saturated rings. The molecule has 2 aliphatic rings. The van der Waals surface area contributed by atoms with Crippen LogP contribution in [0.15, 0.2) is 51.7 Å². The number of fused-ring (bicyclic) bond motifs is 2. The molecule has 7 heteroatoms. The first-order chi connectivity index (χ1) is 16.8. The number of hydrogen-bond donors (Lipinski definition) is 0. The van der Waals surface area contributed by atoms with Gasteiger partial charge < -0.3 is 18.8 Å². The van der Waals surface area contributed by atoms with E-state index in [-0.39, 0.29) is 22.5 Å². The first-order valence-corrected chi connectivity index (χ1v) is 12.1. The van der Waals surface area contributed by atoms with Crippen molar-refractivity contribution < 1.29 is 18.7 Å². The summed E-state index contributed by atoms with van der Waals surface area (Å²) in [5, 5.41) is 0.448. The minimum absolute atomic E-state index is 0.00619. The van der Waals surface area contributed by atoms with Crippen LogP contribution in [-0.2, 0) is 10.2 Å². The van der Waals surface area contributed by atoms with Gasteiger partial charge >= 0.3 is 0 Å². The number of rotatable bonds is 5. The van der Waals surface area contributed by atoms with Gasteiger partial charge in [0.1, 0.15) is 11.3 Å². The molecule has 1 aromatic heterocycles. The van der Waals surface area contributed by atoms with Crippen LogP contribution in [0.25, 0.3) is 11.0 Å². The highest BCUT2D eigenvalue weighted by Gasteiger charge is 2.42. The summed E-state index contributed by atoms with van der Waals surface area (Å²) in [5.74, 6) is 0.451. The number of hydrogen-bond acceptors (Lipinski definition) is 6. The summed E-state index contributed by atoms with van der Waals surface area (Å²) < 4.78 is 16.8. The van der Waals surface area contributed by atoms with Crippen molar-refractivity contribution in [3.05, 3.63) is 75.1 Å². The van der Waals surface area contributed by atoms with Crippen LogP contribution in [-0.4, -0.2) is 62.2 Å². The lowest BCUT2D eigenvalue weighted by Crippen LogP contribution is -2.42. The van der Waals surface area contributed by atoms with E-state index in [1.54, 1.807) is 30.2 Å². The van der Waals surface area contributed by atoms with Gasteiger partial charge in [-0.25, -0.2) is 0 Å². The number of methoxy groups -OCH3 is 1. The maximum absolute atomic E-state index is 13.7. The highest BCUT2D eigenvalue weighted by Crippen LogP contribution is 2.39. The predicted molar refractivity (Wildman–Crippen MR) is 134 cm³/mol. The number of carbonyl (C=O) groups is 1. The molecule has 1 amide bonds. The normalized spacial score (nSPS) is 18.8. The lowest BCUT2D eigenvalue weighted by molar-refractivity contribution is 0.0314. The second kappa shape index (κ2) is 9.13. The topological polar surface area (TPSA) is 72.2 Å². The fourth-order valence-corrected chi connectivity index (χ4v) is 4.94. The Morgan fingerprint density at radius 3 is 2.37 bits per heavy atom. The van der Waals surface area contributed by atoms with Crippen molar-refractivity contribution in [1.82, 2.24) is 9.80 Å². The molecule has 0 bridgehead atoms. The molecule has 35 heavy (non-hydrogen) atoms. The van der Waals surface area contributed by atoms with E-state index < -0.39 is 6.04 Å². The average Bonchev–Trinajstić information content (AvgIpc) is 3.14. The number of nitrogens with zero attached hydrogens (tertiary/aromatic N) is 2. The molecule has 5 rings (SSSR count). The van der Waals surface area contributed by atoms with Crippen LogP contribution in [0, 0.1) is 0 Å². The number of benzene rings is 2. The average molecular weight is 477 g/mol. The van der Waals surface area contributed by atoms with Crippen molar-refractivity contribution in [3.63, 3.8) is 0 Å². The standard InChI is InChI=1S/C28H32N2O5/c1-28(2,3)19-7-5-18(6-8-19)24-23-25(31)21-10-9-20(33-4)17-22(21)35-26(23)27(32)30(24)12-11-29-13-15-34-16-14-29/h5-10,17,24H,11-16H2,1-4H3/t24-/m1/s1. The largest absolute Gasteiger partial charge is 0.497 e. The van der Waals surface area contributed by atoms with Gasteiger partial charge in [-0.05, 0) is 28.7 Å². The second-order valence-corrected chi connectivity index (χ2v) is 10.3. The van der Waals surface area contributed by atoms with E-state index in [4.69, 9.17) is 13.9 Å². The van der Waals surface area contributed by atoms with Crippen molar-refractivity contribution in [1.29, 1.82) is 0 Å². The molecule has 184 valence electrons. The molecular weight excluding hydrogens is 444 g/mol. The van der Waals surface area contributed by atoms with E-state index in [1.807, 2.05) is 12.1 Å². The molecule has 1 atom stereocenters. The lowest BCUT2D eigenvalue weighted by Gasteiger charge is -2.31. The lowest BCUT2D eigenvalue weighted by atomic mass is 9.86. The van der Waals surface area contributed by atoms with Gasteiger partial charge in [0, 0.05) is 32.2 Å². The molecule has 0 N–H and O–H groups in total. The third kappa shape index (κ3) is 4.34. The molecule has 2 aliphatic heterocycles. The van der Waals surface area contributed by atoms with Crippen LogP contribution < -0.4 is 10.2 Å².